The molecule has 0 radical (unpaired) electrons. The lowest BCUT2D eigenvalue weighted by Crippen LogP contribution is -2.08. The molecule has 0 unspecified atom stereocenters. The molecular formula is C19H25NO. The summed E-state index contributed by atoms with van der Waals surface area (Å²) in [5, 5.41) is 0. The standard InChI is InChI=1S/C19H25NO/c1-5-19(20)16-6-8-17(9-7-16)21-12-18-14(3)10-13(2)11-15(18)4/h6-11,19H,5,12,20H2,1-4H3/t19-/m1/s1. The number of aryl methyl sites for hydroxylation is 3. The van der Waals surface area contributed by atoms with Gasteiger partial charge in [0.15, 0.2) is 0 Å². The Morgan fingerprint density at radius 3 is 2.10 bits per heavy atom. The van der Waals surface area contributed by atoms with E-state index >= 15 is 0 Å². The molecule has 21 heavy (non-hydrogen) atoms. The van der Waals surface area contributed by atoms with Gasteiger partial charge in [0.25, 0.3) is 0 Å². The van der Waals surface area contributed by atoms with Gasteiger partial charge in [0.2, 0.25) is 0 Å². The second kappa shape index (κ2) is 6.77. The summed E-state index contributed by atoms with van der Waals surface area (Å²) in [4.78, 5) is 0. The van der Waals surface area contributed by atoms with E-state index in [0.717, 1.165) is 17.7 Å². The summed E-state index contributed by atoms with van der Waals surface area (Å²) in [6.45, 7) is 9.11. The van der Waals surface area contributed by atoms with Crippen LogP contribution in [0.2, 0.25) is 0 Å². The summed E-state index contributed by atoms with van der Waals surface area (Å²) in [6, 6.07) is 12.6. The molecule has 0 aromatic heterocycles. The molecule has 2 aromatic carbocycles. The van der Waals surface area contributed by atoms with Crippen molar-refractivity contribution in [1.82, 2.24) is 0 Å². The summed E-state index contributed by atoms with van der Waals surface area (Å²) in [6.07, 6.45) is 0.946. The first-order chi connectivity index (χ1) is 10.0. The van der Waals surface area contributed by atoms with E-state index in [9.17, 15) is 0 Å². The summed E-state index contributed by atoms with van der Waals surface area (Å²) in [5.74, 6) is 0.890. The molecule has 2 rings (SSSR count). The van der Waals surface area contributed by atoms with Crippen LogP contribution in [-0.4, -0.2) is 0 Å². The van der Waals surface area contributed by atoms with Gasteiger partial charge in [0.1, 0.15) is 12.4 Å². The van der Waals surface area contributed by atoms with E-state index < -0.39 is 0 Å². The van der Waals surface area contributed by atoms with Crippen molar-refractivity contribution in [2.24, 2.45) is 5.73 Å². The van der Waals surface area contributed by atoms with Gasteiger partial charge in [0, 0.05) is 6.04 Å². The number of nitrogens with two attached hydrogens (primary N) is 1. The molecule has 2 heteroatoms. The van der Waals surface area contributed by atoms with Gasteiger partial charge in [-0.15, -0.1) is 0 Å². The molecule has 0 fully saturated rings. The molecule has 1 atom stereocenters. The topological polar surface area (TPSA) is 35.2 Å². The average Bonchev–Trinajstić information content (AvgIpc) is 2.46. The van der Waals surface area contributed by atoms with E-state index in [1.165, 1.54) is 22.3 Å². The highest BCUT2D eigenvalue weighted by Crippen LogP contribution is 2.21. The molecule has 0 aliphatic rings. The van der Waals surface area contributed by atoms with Crippen molar-refractivity contribution in [3.05, 3.63) is 64.2 Å². The minimum Gasteiger partial charge on any atom is -0.489 e. The van der Waals surface area contributed by atoms with Crippen LogP contribution in [0.5, 0.6) is 5.75 Å². The highest BCUT2D eigenvalue weighted by molar-refractivity contribution is 5.37. The quantitative estimate of drug-likeness (QED) is 0.870. The lowest BCUT2D eigenvalue weighted by atomic mass is 10.0. The zero-order valence-corrected chi connectivity index (χ0v) is 13.4. The first kappa shape index (κ1) is 15.6. The molecular weight excluding hydrogens is 258 g/mol. The summed E-state index contributed by atoms with van der Waals surface area (Å²) < 4.78 is 5.92. The van der Waals surface area contributed by atoms with Crippen molar-refractivity contribution < 1.29 is 4.74 Å². The fourth-order valence-corrected chi connectivity index (χ4v) is 2.64. The first-order valence-corrected chi connectivity index (χ1v) is 7.56. The van der Waals surface area contributed by atoms with Crippen molar-refractivity contribution in [3.8, 4) is 5.75 Å². The molecule has 0 aliphatic heterocycles. The Labute approximate surface area is 127 Å². The predicted molar refractivity (Wildman–Crippen MR) is 88.6 cm³/mol. The van der Waals surface area contributed by atoms with Gasteiger partial charge in [-0.1, -0.05) is 36.8 Å². The minimum absolute atomic E-state index is 0.112. The average molecular weight is 283 g/mol. The largest absolute Gasteiger partial charge is 0.489 e. The molecule has 112 valence electrons. The Morgan fingerprint density at radius 1 is 1.00 bits per heavy atom. The van der Waals surface area contributed by atoms with Gasteiger partial charge < -0.3 is 10.5 Å². The highest BCUT2D eigenvalue weighted by Gasteiger charge is 2.06. The second-order valence-corrected chi connectivity index (χ2v) is 5.75. The van der Waals surface area contributed by atoms with Crippen LogP contribution >= 0.6 is 0 Å². The molecule has 0 bridgehead atoms. The Bertz CT molecular complexity index is 578. The zero-order chi connectivity index (χ0) is 15.4. The Kier molecular flexibility index (Phi) is 5.03. The third kappa shape index (κ3) is 3.85. The Balaban J connectivity index is 2.07. The minimum atomic E-state index is 0.112. The van der Waals surface area contributed by atoms with Crippen molar-refractivity contribution in [2.75, 3.05) is 0 Å². The van der Waals surface area contributed by atoms with Crippen LogP contribution in [0.3, 0.4) is 0 Å². The maximum Gasteiger partial charge on any atom is 0.119 e. The Morgan fingerprint density at radius 2 is 1.57 bits per heavy atom. The van der Waals surface area contributed by atoms with Crippen LogP contribution in [0.1, 0.15) is 47.2 Å². The van der Waals surface area contributed by atoms with E-state index in [4.69, 9.17) is 10.5 Å². The highest BCUT2D eigenvalue weighted by atomic mass is 16.5. The monoisotopic (exact) mass is 283 g/mol. The number of hydrogen-bond acceptors (Lipinski definition) is 2. The van der Waals surface area contributed by atoms with Crippen LogP contribution < -0.4 is 10.5 Å². The van der Waals surface area contributed by atoms with E-state index in [2.05, 4.69) is 52.0 Å². The van der Waals surface area contributed by atoms with Crippen molar-refractivity contribution >= 4 is 0 Å². The van der Waals surface area contributed by atoms with Gasteiger partial charge in [-0.25, -0.2) is 0 Å². The van der Waals surface area contributed by atoms with E-state index in [1.807, 2.05) is 12.1 Å². The first-order valence-electron chi connectivity index (χ1n) is 7.56. The molecule has 0 heterocycles. The molecule has 0 saturated carbocycles. The fraction of sp³-hybridized carbons (Fsp3) is 0.368. The number of hydrogen-bond donors (Lipinski definition) is 1. The number of rotatable bonds is 5. The molecule has 0 aliphatic carbocycles. The lowest BCUT2D eigenvalue weighted by molar-refractivity contribution is 0.304. The van der Waals surface area contributed by atoms with Crippen LogP contribution in [0.15, 0.2) is 36.4 Å². The zero-order valence-electron chi connectivity index (χ0n) is 13.4. The van der Waals surface area contributed by atoms with Gasteiger partial charge >= 0.3 is 0 Å². The molecule has 0 amide bonds. The molecule has 0 spiro atoms. The maximum absolute atomic E-state index is 6.02. The molecule has 0 saturated heterocycles. The normalized spacial score (nSPS) is 12.2. The molecule has 2 N–H and O–H groups in total. The van der Waals surface area contributed by atoms with Crippen molar-refractivity contribution in [3.63, 3.8) is 0 Å². The van der Waals surface area contributed by atoms with Crippen LogP contribution in [-0.2, 0) is 6.61 Å². The third-order valence-electron chi connectivity index (χ3n) is 3.97. The SMILES string of the molecule is CC[C@@H](N)c1ccc(OCc2c(C)cc(C)cc2C)cc1. The smallest absolute Gasteiger partial charge is 0.119 e. The van der Waals surface area contributed by atoms with E-state index in [-0.39, 0.29) is 6.04 Å². The molecule has 2 nitrogen and oxygen atoms in total. The van der Waals surface area contributed by atoms with Crippen molar-refractivity contribution in [1.29, 1.82) is 0 Å². The van der Waals surface area contributed by atoms with E-state index in [1.54, 1.807) is 0 Å². The summed E-state index contributed by atoms with van der Waals surface area (Å²) in [5.41, 5.74) is 12.3. The Hall–Kier alpha value is -1.80. The van der Waals surface area contributed by atoms with Crippen molar-refractivity contribution in [2.45, 2.75) is 46.8 Å². The maximum atomic E-state index is 6.02. The third-order valence-corrected chi connectivity index (χ3v) is 3.97. The molecule has 2 aromatic rings. The van der Waals surface area contributed by atoms with Crippen LogP contribution in [0.25, 0.3) is 0 Å². The fourth-order valence-electron chi connectivity index (χ4n) is 2.64. The predicted octanol–water partition coefficient (Wildman–Crippen LogP) is 4.60. The van der Waals surface area contributed by atoms with Gasteiger partial charge in [-0.05, 0) is 61.6 Å². The second-order valence-electron chi connectivity index (χ2n) is 5.75. The summed E-state index contributed by atoms with van der Waals surface area (Å²) in [7, 11) is 0. The number of ether oxygens (including phenoxy) is 1. The summed E-state index contributed by atoms with van der Waals surface area (Å²) >= 11 is 0. The van der Waals surface area contributed by atoms with Crippen LogP contribution in [0.4, 0.5) is 0 Å². The van der Waals surface area contributed by atoms with Crippen LogP contribution in [0, 0.1) is 20.8 Å². The van der Waals surface area contributed by atoms with E-state index in [0.29, 0.717) is 6.61 Å². The lowest BCUT2D eigenvalue weighted by Gasteiger charge is -2.14. The van der Waals surface area contributed by atoms with Gasteiger partial charge in [-0.2, -0.15) is 0 Å². The van der Waals surface area contributed by atoms with Gasteiger partial charge in [0.05, 0.1) is 0 Å². The number of benzene rings is 2. The van der Waals surface area contributed by atoms with Gasteiger partial charge in [-0.3, -0.25) is 0 Å².